The molecule has 1 saturated heterocycles. The van der Waals surface area contributed by atoms with Crippen LogP contribution < -0.4 is 10.6 Å². The van der Waals surface area contributed by atoms with Crippen LogP contribution in [0, 0.1) is 5.92 Å². The lowest BCUT2D eigenvalue weighted by molar-refractivity contribution is 0.347. The van der Waals surface area contributed by atoms with Gasteiger partial charge in [-0.25, -0.2) is 13.4 Å². The number of nitrogens with one attached hydrogen (secondary N) is 2. The second kappa shape index (κ2) is 11.5. The van der Waals surface area contributed by atoms with E-state index >= 15 is 0 Å². The van der Waals surface area contributed by atoms with E-state index in [0.717, 1.165) is 43.2 Å². The van der Waals surface area contributed by atoms with E-state index in [1.54, 1.807) is 10.4 Å². The van der Waals surface area contributed by atoms with E-state index in [1.165, 1.54) is 11.3 Å². The van der Waals surface area contributed by atoms with E-state index in [-0.39, 0.29) is 24.0 Å². The molecule has 150 valence electrons. The first-order valence-corrected chi connectivity index (χ1v) is 11.3. The number of halogens is 1. The summed E-state index contributed by atoms with van der Waals surface area (Å²) in [6.07, 6.45) is 3.03. The van der Waals surface area contributed by atoms with Crippen LogP contribution in [0.2, 0.25) is 0 Å². The Kier molecular flexibility index (Phi) is 10.4. The summed E-state index contributed by atoms with van der Waals surface area (Å²) >= 11 is 1.33. The van der Waals surface area contributed by atoms with Crippen molar-refractivity contribution in [2.75, 3.05) is 26.2 Å². The van der Waals surface area contributed by atoms with Crippen LogP contribution >= 0.6 is 35.3 Å². The summed E-state index contributed by atoms with van der Waals surface area (Å²) in [5.74, 6) is 1.30. The first-order valence-electron chi connectivity index (χ1n) is 9.04. The third-order valence-corrected chi connectivity index (χ3v) is 7.40. The minimum atomic E-state index is -3.34. The molecule has 6 nitrogen and oxygen atoms in total. The van der Waals surface area contributed by atoms with Crippen LogP contribution in [0.3, 0.4) is 0 Å². The van der Waals surface area contributed by atoms with Gasteiger partial charge in [-0.15, -0.1) is 35.3 Å². The van der Waals surface area contributed by atoms with Gasteiger partial charge in [0.1, 0.15) is 4.21 Å². The van der Waals surface area contributed by atoms with Crippen molar-refractivity contribution in [2.45, 2.75) is 50.8 Å². The maximum absolute atomic E-state index is 12.7. The molecular formula is C17H31IN4O2S2. The smallest absolute Gasteiger partial charge is 0.252 e. The number of hydrogen-bond acceptors (Lipinski definition) is 4. The second-order valence-electron chi connectivity index (χ2n) is 6.66. The van der Waals surface area contributed by atoms with Crippen molar-refractivity contribution in [1.29, 1.82) is 0 Å². The average molecular weight is 514 g/mol. The lowest BCUT2D eigenvalue weighted by Gasteiger charge is -2.25. The summed E-state index contributed by atoms with van der Waals surface area (Å²) in [4.78, 5) is 5.52. The van der Waals surface area contributed by atoms with E-state index in [4.69, 9.17) is 0 Å². The molecule has 1 aromatic heterocycles. The third-order valence-electron chi connectivity index (χ3n) is 3.96. The molecule has 0 aliphatic carbocycles. The molecular weight excluding hydrogens is 483 g/mol. The van der Waals surface area contributed by atoms with Gasteiger partial charge in [0, 0.05) is 31.1 Å². The van der Waals surface area contributed by atoms with Crippen molar-refractivity contribution < 1.29 is 8.42 Å². The van der Waals surface area contributed by atoms with Crippen molar-refractivity contribution in [2.24, 2.45) is 10.9 Å². The maximum Gasteiger partial charge on any atom is 0.252 e. The molecule has 1 aromatic rings. The van der Waals surface area contributed by atoms with Crippen LogP contribution in [0.4, 0.5) is 0 Å². The Balaban J connectivity index is 0.00000338. The van der Waals surface area contributed by atoms with Crippen LogP contribution in [-0.4, -0.2) is 44.9 Å². The Hall–Kier alpha value is -0.390. The van der Waals surface area contributed by atoms with Gasteiger partial charge >= 0.3 is 0 Å². The zero-order valence-electron chi connectivity index (χ0n) is 15.8. The highest BCUT2D eigenvalue weighted by Crippen LogP contribution is 2.27. The number of guanidine groups is 1. The lowest BCUT2D eigenvalue weighted by atomic mass is 10.2. The summed E-state index contributed by atoms with van der Waals surface area (Å²) in [6.45, 7) is 9.72. The molecule has 0 aromatic carbocycles. The molecule has 2 heterocycles. The molecule has 26 heavy (non-hydrogen) atoms. The predicted octanol–water partition coefficient (Wildman–Crippen LogP) is 3.25. The molecule has 0 bridgehead atoms. The number of thiophene rings is 1. The van der Waals surface area contributed by atoms with Gasteiger partial charge < -0.3 is 10.6 Å². The highest BCUT2D eigenvalue weighted by atomic mass is 127. The van der Waals surface area contributed by atoms with Gasteiger partial charge in [-0.3, -0.25) is 0 Å². The zero-order chi connectivity index (χ0) is 18.3. The molecule has 2 rings (SSSR count). The van der Waals surface area contributed by atoms with E-state index in [0.29, 0.717) is 29.8 Å². The molecule has 0 atom stereocenters. The minimum Gasteiger partial charge on any atom is -0.357 e. The van der Waals surface area contributed by atoms with Gasteiger partial charge in [0.25, 0.3) is 10.0 Å². The largest absolute Gasteiger partial charge is 0.357 e. The molecule has 0 unspecified atom stereocenters. The Bertz CT molecular complexity index is 668. The van der Waals surface area contributed by atoms with Gasteiger partial charge in [-0.2, -0.15) is 4.31 Å². The standard InChI is InChI=1S/C17H30N4O2S2.HI/c1-4-18-17(19-12-14(2)3)20-13-15-8-9-16(24-15)25(22,23)21-10-6-5-7-11-21;/h8-9,14H,4-7,10-13H2,1-3H3,(H2,18,19,20);1H. The van der Waals surface area contributed by atoms with E-state index < -0.39 is 10.0 Å². The second-order valence-corrected chi connectivity index (χ2v) is 9.99. The van der Waals surface area contributed by atoms with E-state index in [2.05, 4.69) is 29.5 Å². The van der Waals surface area contributed by atoms with Crippen molar-refractivity contribution in [1.82, 2.24) is 14.9 Å². The molecule has 9 heteroatoms. The topological polar surface area (TPSA) is 73.8 Å². The molecule has 0 amide bonds. The van der Waals surface area contributed by atoms with Crippen LogP contribution in [0.25, 0.3) is 0 Å². The van der Waals surface area contributed by atoms with Crippen LogP contribution in [0.1, 0.15) is 44.9 Å². The third kappa shape index (κ3) is 6.97. The van der Waals surface area contributed by atoms with E-state index in [9.17, 15) is 8.42 Å². The monoisotopic (exact) mass is 514 g/mol. The van der Waals surface area contributed by atoms with Crippen molar-refractivity contribution in [3.8, 4) is 0 Å². The summed E-state index contributed by atoms with van der Waals surface area (Å²) in [5.41, 5.74) is 0. The predicted molar refractivity (Wildman–Crippen MR) is 120 cm³/mol. The Morgan fingerprint density at radius 1 is 1.23 bits per heavy atom. The maximum atomic E-state index is 12.7. The molecule has 0 spiro atoms. The first kappa shape index (κ1) is 23.6. The van der Waals surface area contributed by atoms with Crippen LogP contribution in [0.5, 0.6) is 0 Å². The number of sulfonamides is 1. The fraction of sp³-hybridized carbons (Fsp3) is 0.706. The fourth-order valence-corrected chi connectivity index (χ4v) is 5.57. The van der Waals surface area contributed by atoms with Crippen molar-refractivity contribution >= 4 is 51.3 Å². The Labute approximate surface area is 178 Å². The quantitative estimate of drug-likeness (QED) is 0.333. The number of piperidine rings is 1. The normalized spacial score (nSPS) is 16.4. The van der Waals surface area contributed by atoms with E-state index in [1.807, 2.05) is 13.0 Å². The summed E-state index contributed by atoms with van der Waals surface area (Å²) < 4.78 is 27.4. The molecule has 1 aliphatic heterocycles. The molecule has 1 aliphatic rings. The molecule has 1 fully saturated rings. The number of rotatable bonds is 7. The van der Waals surface area contributed by atoms with Crippen LogP contribution in [0.15, 0.2) is 21.3 Å². The molecule has 0 saturated carbocycles. The van der Waals surface area contributed by atoms with Gasteiger partial charge in [0.05, 0.1) is 6.54 Å². The Morgan fingerprint density at radius 3 is 2.54 bits per heavy atom. The summed E-state index contributed by atoms with van der Waals surface area (Å²) in [5, 5.41) is 6.51. The van der Waals surface area contributed by atoms with Crippen LogP contribution in [-0.2, 0) is 16.6 Å². The first-order chi connectivity index (χ1) is 11.9. The van der Waals surface area contributed by atoms with Crippen molar-refractivity contribution in [3.05, 3.63) is 17.0 Å². The summed E-state index contributed by atoms with van der Waals surface area (Å²) in [6, 6.07) is 3.59. The number of nitrogens with zero attached hydrogens (tertiary/aromatic N) is 2. The highest BCUT2D eigenvalue weighted by Gasteiger charge is 2.27. The highest BCUT2D eigenvalue weighted by molar-refractivity contribution is 14.0. The van der Waals surface area contributed by atoms with Gasteiger partial charge in [0.15, 0.2) is 5.96 Å². The van der Waals surface area contributed by atoms with Gasteiger partial charge in [0.2, 0.25) is 0 Å². The van der Waals surface area contributed by atoms with Gasteiger partial charge in [-0.1, -0.05) is 20.3 Å². The number of aliphatic imine (C=N–C) groups is 1. The minimum absolute atomic E-state index is 0. The molecule has 0 radical (unpaired) electrons. The molecule has 2 N–H and O–H groups in total. The average Bonchev–Trinajstić information content (AvgIpc) is 3.08. The lowest BCUT2D eigenvalue weighted by Crippen LogP contribution is -2.39. The van der Waals surface area contributed by atoms with Crippen molar-refractivity contribution in [3.63, 3.8) is 0 Å². The Morgan fingerprint density at radius 2 is 1.92 bits per heavy atom. The SMILES string of the molecule is CCNC(=NCc1ccc(S(=O)(=O)N2CCCCC2)s1)NCC(C)C.I. The summed E-state index contributed by atoms with van der Waals surface area (Å²) in [7, 11) is -3.34. The zero-order valence-corrected chi connectivity index (χ0v) is 19.8. The fourth-order valence-electron chi connectivity index (χ4n) is 2.61. The van der Waals surface area contributed by atoms with Gasteiger partial charge in [-0.05, 0) is 37.8 Å². The number of hydrogen-bond donors (Lipinski definition) is 2.